The van der Waals surface area contributed by atoms with E-state index < -0.39 is 12.2 Å². The van der Waals surface area contributed by atoms with E-state index in [0.717, 1.165) is 77.0 Å². The Morgan fingerprint density at radius 2 is 1.09 bits per heavy atom. The summed E-state index contributed by atoms with van der Waals surface area (Å²) in [6.45, 7) is 4.09. The van der Waals surface area contributed by atoms with Gasteiger partial charge in [-0.1, -0.05) is 110 Å². The number of esters is 1. The van der Waals surface area contributed by atoms with Gasteiger partial charge in [-0.3, -0.25) is 0 Å². The third-order valence-electron chi connectivity index (χ3n) is 10.0. The van der Waals surface area contributed by atoms with Crippen molar-refractivity contribution < 1.29 is 34.3 Å². The molecule has 7 nitrogen and oxygen atoms in total. The molecule has 0 aromatic heterocycles. The minimum atomic E-state index is -0.463. The summed E-state index contributed by atoms with van der Waals surface area (Å²) >= 11 is 0. The molecule has 2 unspecified atom stereocenters. The predicted molar refractivity (Wildman–Crippen MR) is 175 cm³/mol. The molecule has 3 heterocycles. The van der Waals surface area contributed by atoms with Crippen molar-refractivity contribution in [3.63, 3.8) is 0 Å². The third kappa shape index (κ3) is 14.2. The van der Waals surface area contributed by atoms with Crippen LogP contribution in [-0.2, 0) is 19.0 Å². The second-order valence-electron chi connectivity index (χ2n) is 14.0. The van der Waals surface area contributed by atoms with E-state index in [9.17, 15) is 20.1 Å². The number of carbonyl (C=O) groups is 1. The van der Waals surface area contributed by atoms with E-state index in [2.05, 4.69) is 6.92 Å². The molecule has 3 aliphatic heterocycles. The highest BCUT2D eigenvalue weighted by molar-refractivity contribution is 5.90. The van der Waals surface area contributed by atoms with Crippen LogP contribution in [0.5, 0.6) is 0 Å². The number of ether oxygens (including phenoxy) is 3. The van der Waals surface area contributed by atoms with Gasteiger partial charge in [-0.15, -0.1) is 0 Å². The van der Waals surface area contributed by atoms with Gasteiger partial charge in [0.1, 0.15) is 6.10 Å². The van der Waals surface area contributed by atoms with E-state index >= 15 is 0 Å². The highest BCUT2D eigenvalue weighted by Gasteiger charge is 2.40. The number of aliphatic hydroxyl groups is 3. The monoisotopic (exact) mass is 622 g/mol. The zero-order chi connectivity index (χ0) is 31.6. The number of aliphatic hydroxyl groups excluding tert-OH is 3. The van der Waals surface area contributed by atoms with Crippen molar-refractivity contribution in [2.75, 3.05) is 0 Å². The van der Waals surface area contributed by atoms with E-state index in [0.29, 0.717) is 12.0 Å². The first kappa shape index (κ1) is 37.5. The molecule has 2 fully saturated rings. The first-order valence-electron chi connectivity index (χ1n) is 18.6. The highest BCUT2D eigenvalue weighted by Crippen LogP contribution is 2.34. The topological polar surface area (TPSA) is 105 Å². The van der Waals surface area contributed by atoms with Gasteiger partial charge in [0.2, 0.25) is 0 Å². The van der Waals surface area contributed by atoms with Crippen molar-refractivity contribution in [3.05, 3.63) is 11.6 Å². The van der Waals surface area contributed by atoms with Crippen LogP contribution in [-0.4, -0.2) is 70.1 Å². The van der Waals surface area contributed by atoms with Gasteiger partial charge in [0, 0.05) is 12.0 Å². The lowest BCUT2D eigenvalue weighted by molar-refractivity contribution is -0.139. The van der Waals surface area contributed by atoms with Crippen molar-refractivity contribution in [2.24, 2.45) is 0 Å². The molecule has 0 aliphatic carbocycles. The summed E-state index contributed by atoms with van der Waals surface area (Å²) in [6.07, 6.45) is 26.1. The number of unbranched alkanes of at least 4 members (excludes halogenated alkanes) is 14. The molecular formula is C37H66O7. The Balaban J connectivity index is 1.13. The number of carbonyl (C=O) groups excluding carboxylic acids is 1. The predicted octanol–water partition coefficient (Wildman–Crippen LogP) is 7.86. The van der Waals surface area contributed by atoms with Gasteiger partial charge in [0.15, 0.2) is 0 Å². The Morgan fingerprint density at radius 1 is 0.659 bits per heavy atom. The minimum Gasteiger partial charge on any atom is -0.455 e. The number of cyclic esters (lactones) is 1. The van der Waals surface area contributed by atoms with Gasteiger partial charge in [-0.2, -0.15) is 0 Å². The Kier molecular flexibility index (Phi) is 18.5. The van der Waals surface area contributed by atoms with Crippen LogP contribution in [0.25, 0.3) is 0 Å². The molecule has 0 aromatic carbocycles. The van der Waals surface area contributed by atoms with Gasteiger partial charge in [0.25, 0.3) is 0 Å². The molecule has 256 valence electrons. The molecule has 7 heteroatoms. The quantitative estimate of drug-likeness (QED) is 0.0703. The van der Waals surface area contributed by atoms with Crippen molar-refractivity contribution in [1.29, 1.82) is 0 Å². The maximum absolute atomic E-state index is 11.7. The molecule has 8 atom stereocenters. The Morgan fingerprint density at radius 3 is 1.52 bits per heavy atom. The van der Waals surface area contributed by atoms with Crippen LogP contribution in [0, 0.1) is 0 Å². The van der Waals surface area contributed by atoms with Gasteiger partial charge in [-0.25, -0.2) is 4.79 Å². The third-order valence-corrected chi connectivity index (χ3v) is 10.0. The van der Waals surface area contributed by atoms with Gasteiger partial charge < -0.3 is 29.5 Å². The lowest BCUT2D eigenvalue weighted by Gasteiger charge is -2.24. The Labute approximate surface area is 268 Å². The van der Waals surface area contributed by atoms with Crippen LogP contribution in [0.4, 0.5) is 0 Å². The SMILES string of the molecule is CCCCCCCCCCC(O)[C@@H]1CC[C@H]([C@H]2CCC([C@@H](O)CCCCCCCCCC[C@H](O)CC3=C[C@@H](C)OC3=O)O2)O1. The van der Waals surface area contributed by atoms with E-state index in [1.54, 1.807) is 0 Å². The molecule has 0 saturated carbocycles. The Hall–Kier alpha value is -0.990. The molecule has 3 rings (SSSR count). The largest absolute Gasteiger partial charge is 0.455 e. The summed E-state index contributed by atoms with van der Waals surface area (Å²) in [5, 5.41) is 31.6. The van der Waals surface area contributed by atoms with Gasteiger partial charge in [0.05, 0.1) is 42.7 Å². The van der Waals surface area contributed by atoms with E-state index in [1.807, 2.05) is 13.0 Å². The van der Waals surface area contributed by atoms with Gasteiger partial charge in [-0.05, 0) is 57.9 Å². The smallest absolute Gasteiger partial charge is 0.334 e. The first-order chi connectivity index (χ1) is 21.4. The molecule has 3 N–H and O–H groups in total. The second-order valence-corrected chi connectivity index (χ2v) is 14.0. The maximum Gasteiger partial charge on any atom is 0.334 e. The molecule has 0 amide bonds. The average Bonchev–Trinajstić information content (AvgIpc) is 3.75. The lowest BCUT2D eigenvalue weighted by atomic mass is 10.00. The van der Waals surface area contributed by atoms with Crippen LogP contribution < -0.4 is 0 Å². The van der Waals surface area contributed by atoms with E-state index in [-0.39, 0.29) is 42.6 Å². The number of hydrogen-bond donors (Lipinski definition) is 3. The van der Waals surface area contributed by atoms with Crippen LogP contribution in [0.3, 0.4) is 0 Å². The fourth-order valence-electron chi connectivity index (χ4n) is 7.28. The highest BCUT2D eigenvalue weighted by atomic mass is 16.6. The van der Waals surface area contributed by atoms with E-state index in [1.165, 1.54) is 70.6 Å². The average molecular weight is 623 g/mol. The summed E-state index contributed by atoms with van der Waals surface area (Å²) in [6, 6.07) is 0. The summed E-state index contributed by atoms with van der Waals surface area (Å²) < 4.78 is 17.7. The molecule has 44 heavy (non-hydrogen) atoms. The standard InChI is InChI=1S/C37H66O7/c1-3-4-5-6-7-11-14-17-20-31(39)33-22-24-35(43-33)36-25-23-34(44-36)32(40)21-18-15-12-9-8-10-13-16-19-30(38)27-29-26-28(2)42-37(29)41/h26,28,30-36,38-40H,3-25,27H2,1-2H3/t28-,30+,31?,32+,33+,34?,35-,36-/m1/s1. The summed E-state index contributed by atoms with van der Waals surface area (Å²) in [5.41, 5.74) is 0.617. The second kappa shape index (κ2) is 21.7. The minimum absolute atomic E-state index is 0.0519. The van der Waals surface area contributed by atoms with Crippen molar-refractivity contribution >= 4 is 5.97 Å². The van der Waals surface area contributed by atoms with Crippen LogP contribution in [0.1, 0.15) is 168 Å². The van der Waals surface area contributed by atoms with Gasteiger partial charge >= 0.3 is 5.97 Å². The Bertz CT molecular complexity index is 801. The van der Waals surface area contributed by atoms with Crippen molar-refractivity contribution in [2.45, 2.75) is 217 Å². The van der Waals surface area contributed by atoms with Crippen molar-refractivity contribution in [3.8, 4) is 0 Å². The number of rotatable bonds is 25. The first-order valence-corrected chi connectivity index (χ1v) is 18.6. The fourth-order valence-corrected chi connectivity index (χ4v) is 7.28. The zero-order valence-corrected chi connectivity index (χ0v) is 28.1. The molecule has 0 spiro atoms. The molecular weight excluding hydrogens is 556 g/mol. The molecule has 0 aromatic rings. The van der Waals surface area contributed by atoms with Crippen LogP contribution in [0.15, 0.2) is 11.6 Å². The fraction of sp³-hybridized carbons (Fsp3) is 0.919. The maximum atomic E-state index is 11.7. The molecule has 3 aliphatic rings. The molecule has 2 saturated heterocycles. The zero-order valence-electron chi connectivity index (χ0n) is 28.1. The summed E-state index contributed by atoms with van der Waals surface area (Å²) in [5.74, 6) is -0.281. The summed E-state index contributed by atoms with van der Waals surface area (Å²) in [4.78, 5) is 11.7. The number of hydrogen-bond acceptors (Lipinski definition) is 7. The van der Waals surface area contributed by atoms with Crippen molar-refractivity contribution in [1.82, 2.24) is 0 Å². The summed E-state index contributed by atoms with van der Waals surface area (Å²) in [7, 11) is 0. The van der Waals surface area contributed by atoms with E-state index in [4.69, 9.17) is 14.2 Å². The normalized spacial score (nSPS) is 27.4. The van der Waals surface area contributed by atoms with Crippen LogP contribution >= 0.6 is 0 Å². The molecule has 0 bridgehead atoms. The lowest BCUT2D eigenvalue weighted by Crippen LogP contribution is -2.33. The molecule has 0 radical (unpaired) electrons. The van der Waals surface area contributed by atoms with Crippen LogP contribution in [0.2, 0.25) is 0 Å².